The molecule has 212 valence electrons. The first kappa shape index (κ1) is 34.7. The van der Waals surface area contributed by atoms with Gasteiger partial charge < -0.3 is 25.6 Å². The number of aliphatic hydroxyl groups is 1. The Morgan fingerprint density at radius 1 is 0.833 bits per heavy atom. The van der Waals surface area contributed by atoms with Crippen LogP contribution in [-0.4, -0.2) is 59.0 Å². The van der Waals surface area contributed by atoms with Crippen LogP contribution >= 0.6 is 7.82 Å². The molecule has 0 amide bonds. The summed E-state index contributed by atoms with van der Waals surface area (Å²) in [6.07, 6.45) is 20.0. The van der Waals surface area contributed by atoms with Crippen LogP contribution in [0, 0.1) is 0 Å². The molecule has 0 spiro atoms. The quantitative estimate of drug-likeness (QED) is 0.0546. The van der Waals surface area contributed by atoms with Gasteiger partial charge in [0.25, 0.3) is 0 Å². The zero-order valence-electron chi connectivity index (χ0n) is 21.9. The average Bonchev–Trinajstić information content (AvgIpc) is 2.84. The average molecular weight is 538 g/mol. The van der Waals surface area contributed by atoms with Gasteiger partial charge >= 0.3 is 19.8 Å². The Hall–Kier alpha value is -1.29. The number of ether oxygens (including phenoxy) is 1. The van der Waals surface area contributed by atoms with Gasteiger partial charge in [-0.1, -0.05) is 76.9 Å². The van der Waals surface area contributed by atoms with Crippen molar-refractivity contribution in [3.63, 3.8) is 0 Å². The molecule has 0 aliphatic carbocycles. The van der Waals surface area contributed by atoms with Crippen LogP contribution in [0.1, 0.15) is 103 Å². The van der Waals surface area contributed by atoms with E-state index in [0.717, 1.165) is 32.1 Å². The third-order valence-corrected chi connectivity index (χ3v) is 6.44. The molecule has 0 aromatic carbocycles. The predicted molar refractivity (Wildman–Crippen MR) is 138 cm³/mol. The number of carbonyl (C=O) groups excluding carboxylic acids is 1. The number of allylic oxidation sites excluding steroid dienone is 2. The highest BCUT2D eigenvalue weighted by molar-refractivity contribution is 7.47. The van der Waals surface area contributed by atoms with Crippen molar-refractivity contribution in [3.8, 4) is 0 Å². The second-order valence-corrected chi connectivity index (χ2v) is 10.5. The number of phosphoric ester groups is 1. The summed E-state index contributed by atoms with van der Waals surface area (Å²) >= 11 is 0. The zero-order chi connectivity index (χ0) is 27.1. The van der Waals surface area contributed by atoms with Crippen LogP contribution in [0.15, 0.2) is 12.2 Å². The van der Waals surface area contributed by atoms with E-state index in [9.17, 15) is 24.2 Å². The highest BCUT2D eigenvalue weighted by Crippen LogP contribution is 2.43. The lowest BCUT2D eigenvalue weighted by atomic mass is 10.1. The second kappa shape index (κ2) is 22.9. The van der Waals surface area contributed by atoms with E-state index in [4.69, 9.17) is 15.6 Å². The van der Waals surface area contributed by atoms with Gasteiger partial charge in [0.1, 0.15) is 18.8 Å². The van der Waals surface area contributed by atoms with Crippen molar-refractivity contribution in [2.24, 2.45) is 5.73 Å². The van der Waals surface area contributed by atoms with Crippen molar-refractivity contribution >= 4 is 19.8 Å². The van der Waals surface area contributed by atoms with Gasteiger partial charge in [-0.15, -0.1) is 0 Å². The lowest BCUT2D eigenvalue weighted by molar-refractivity contribution is -0.147. The summed E-state index contributed by atoms with van der Waals surface area (Å²) in [5.41, 5.74) is 5.16. The van der Waals surface area contributed by atoms with Crippen molar-refractivity contribution in [1.82, 2.24) is 0 Å². The molecule has 0 saturated heterocycles. The van der Waals surface area contributed by atoms with Crippen molar-refractivity contribution in [2.75, 3.05) is 19.8 Å². The van der Waals surface area contributed by atoms with E-state index in [1.54, 1.807) is 0 Å². The number of unbranched alkanes of at least 4 members (excludes halogenated alkanes) is 12. The first-order valence-corrected chi connectivity index (χ1v) is 14.8. The molecule has 0 aliphatic rings. The van der Waals surface area contributed by atoms with Gasteiger partial charge in [-0.2, -0.15) is 0 Å². The molecule has 0 aromatic heterocycles. The van der Waals surface area contributed by atoms with E-state index >= 15 is 0 Å². The van der Waals surface area contributed by atoms with Crippen LogP contribution in [0.2, 0.25) is 0 Å². The highest BCUT2D eigenvalue weighted by Gasteiger charge is 2.26. The van der Waals surface area contributed by atoms with Crippen LogP contribution in [0.4, 0.5) is 0 Å². The minimum Gasteiger partial charge on any atom is -0.480 e. The van der Waals surface area contributed by atoms with E-state index in [-0.39, 0.29) is 6.42 Å². The first-order valence-electron chi connectivity index (χ1n) is 13.3. The number of nitrogens with two attached hydrogens (primary N) is 1. The SMILES string of the molecule is CCCCCCCCC/C=C\CCCCCCCC(=O)OC[C@@H](O)COP(=O)(O)OC[C@H](N)C(=O)O. The summed E-state index contributed by atoms with van der Waals surface area (Å²) < 4.78 is 25.5. The predicted octanol–water partition coefficient (Wildman–Crippen LogP) is 4.86. The van der Waals surface area contributed by atoms with Gasteiger partial charge in [-0.05, 0) is 32.1 Å². The summed E-state index contributed by atoms with van der Waals surface area (Å²) in [5, 5.41) is 18.3. The largest absolute Gasteiger partial charge is 0.480 e. The molecular weight excluding hydrogens is 489 g/mol. The Morgan fingerprint density at radius 3 is 1.89 bits per heavy atom. The fourth-order valence-corrected chi connectivity index (χ4v) is 4.07. The van der Waals surface area contributed by atoms with Crippen molar-refractivity contribution in [1.29, 1.82) is 0 Å². The lowest BCUT2D eigenvalue weighted by Crippen LogP contribution is -2.34. The number of rotatable bonds is 25. The molecule has 0 aliphatic heterocycles. The van der Waals surface area contributed by atoms with Gasteiger partial charge in [0, 0.05) is 6.42 Å². The van der Waals surface area contributed by atoms with E-state index in [2.05, 4.69) is 28.1 Å². The Labute approximate surface area is 216 Å². The van der Waals surface area contributed by atoms with Crippen molar-refractivity contribution in [3.05, 3.63) is 12.2 Å². The number of phosphoric acid groups is 1. The molecule has 0 rings (SSSR count). The summed E-state index contributed by atoms with van der Waals surface area (Å²) in [5.74, 6) is -1.86. The maximum atomic E-state index is 11.8. The Bertz CT molecular complexity index is 645. The molecule has 0 radical (unpaired) electrons. The second-order valence-electron chi connectivity index (χ2n) is 9.03. The normalized spacial score (nSPS) is 15.0. The Kier molecular flexibility index (Phi) is 22.1. The van der Waals surface area contributed by atoms with E-state index in [1.165, 1.54) is 51.4 Å². The minimum atomic E-state index is -4.58. The van der Waals surface area contributed by atoms with Gasteiger partial charge in [0.05, 0.1) is 13.2 Å². The molecular formula is C25H48NO9P. The van der Waals surface area contributed by atoms with Crippen LogP contribution in [-0.2, 0) is 27.9 Å². The molecule has 0 aromatic rings. The van der Waals surface area contributed by atoms with E-state index < -0.39 is 51.7 Å². The molecule has 1 unspecified atom stereocenters. The maximum absolute atomic E-state index is 11.8. The fourth-order valence-electron chi connectivity index (χ4n) is 3.29. The first-order chi connectivity index (χ1) is 17.2. The molecule has 0 bridgehead atoms. The molecule has 11 heteroatoms. The monoisotopic (exact) mass is 537 g/mol. The molecule has 36 heavy (non-hydrogen) atoms. The molecule has 5 N–H and O–H groups in total. The van der Waals surface area contributed by atoms with Crippen molar-refractivity contribution < 1.29 is 43.0 Å². The number of carboxylic acids is 1. The number of aliphatic carboxylic acids is 1. The molecule has 3 atom stereocenters. The summed E-state index contributed by atoms with van der Waals surface area (Å²) in [7, 11) is -4.58. The number of hydrogen-bond acceptors (Lipinski definition) is 8. The number of esters is 1. The van der Waals surface area contributed by atoms with Gasteiger partial charge in [-0.3, -0.25) is 18.6 Å². The number of carbonyl (C=O) groups is 2. The topological polar surface area (TPSA) is 166 Å². The molecule has 0 fully saturated rings. The van der Waals surface area contributed by atoms with Crippen LogP contribution in [0.5, 0.6) is 0 Å². The van der Waals surface area contributed by atoms with Crippen LogP contribution in [0.3, 0.4) is 0 Å². The summed E-state index contributed by atoms with van der Waals surface area (Å²) in [6, 6.07) is -1.48. The molecule has 0 saturated carbocycles. The zero-order valence-corrected chi connectivity index (χ0v) is 22.7. The summed E-state index contributed by atoms with van der Waals surface area (Å²) in [6.45, 7) is 0.490. The minimum absolute atomic E-state index is 0.237. The number of aliphatic hydroxyl groups excluding tert-OH is 1. The van der Waals surface area contributed by atoms with Crippen LogP contribution in [0.25, 0.3) is 0 Å². The van der Waals surface area contributed by atoms with Crippen molar-refractivity contribution in [2.45, 2.75) is 115 Å². The van der Waals surface area contributed by atoms with E-state index in [1.807, 2.05) is 0 Å². The molecule has 0 heterocycles. The number of carboxylic acid groups (broad SMARTS) is 1. The third-order valence-electron chi connectivity index (χ3n) is 5.49. The highest BCUT2D eigenvalue weighted by atomic mass is 31.2. The maximum Gasteiger partial charge on any atom is 0.472 e. The fraction of sp³-hybridized carbons (Fsp3) is 0.840. The Balaban J connectivity index is 3.59. The standard InChI is InChI=1S/C25H48NO9P/c1-2-3-4-5-6-7-8-9-10-11-12-13-14-15-16-17-18-24(28)33-19-22(27)20-34-36(31,32)35-21-23(26)25(29)30/h10-11,22-23,27H,2-9,12-21,26H2,1H3,(H,29,30)(H,31,32)/b11-10-/t22-,23+/m1/s1. The smallest absolute Gasteiger partial charge is 0.472 e. The summed E-state index contributed by atoms with van der Waals surface area (Å²) in [4.78, 5) is 31.7. The van der Waals surface area contributed by atoms with E-state index in [0.29, 0.717) is 6.42 Å². The third kappa shape index (κ3) is 23.1. The molecule has 10 nitrogen and oxygen atoms in total. The van der Waals surface area contributed by atoms with Gasteiger partial charge in [0.2, 0.25) is 0 Å². The van der Waals surface area contributed by atoms with Gasteiger partial charge in [0.15, 0.2) is 0 Å². The van der Waals surface area contributed by atoms with Crippen LogP contribution < -0.4 is 5.73 Å². The Morgan fingerprint density at radius 2 is 1.33 bits per heavy atom. The van der Waals surface area contributed by atoms with Gasteiger partial charge in [-0.25, -0.2) is 4.57 Å². The number of hydrogen-bond donors (Lipinski definition) is 4. The lowest BCUT2D eigenvalue weighted by Gasteiger charge is -2.16.